The van der Waals surface area contributed by atoms with Gasteiger partial charge in [-0.25, -0.2) is 9.97 Å². The molecule has 4 aromatic rings. The zero-order valence-corrected chi connectivity index (χ0v) is 23.2. The number of imidazole rings is 1. The Hall–Kier alpha value is -4.44. The van der Waals surface area contributed by atoms with E-state index in [0.717, 1.165) is 41.1 Å². The van der Waals surface area contributed by atoms with Crippen LogP contribution in [0.25, 0.3) is 16.9 Å². The number of unbranched alkanes of at least 4 members (excludes halogenated alkanes) is 1. The van der Waals surface area contributed by atoms with Crippen molar-refractivity contribution in [2.45, 2.75) is 33.1 Å². The lowest BCUT2D eigenvalue weighted by Crippen LogP contribution is -2.30. The van der Waals surface area contributed by atoms with Crippen LogP contribution in [-0.4, -0.2) is 59.6 Å². The Morgan fingerprint density at radius 1 is 1.00 bits per heavy atom. The third-order valence-electron chi connectivity index (χ3n) is 6.41. The quantitative estimate of drug-likeness (QED) is 0.200. The third kappa shape index (κ3) is 7.35. The van der Waals surface area contributed by atoms with E-state index in [1.165, 1.54) is 0 Å². The first kappa shape index (κ1) is 28.6. The van der Waals surface area contributed by atoms with Crippen LogP contribution in [0.5, 0.6) is 5.75 Å². The van der Waals surface area contributed by atoms with Gasteiger partial charge in [0.05, 0.1) is 32.2 Å². The van der Waals surface area contributed by atoms with Gasteiger partial charge >= 0.3 is 0 Å². The molecule has 0 saturated heterocycles. The fraction of sp³-hybridized carbons (Fsp3) is 0.333. The Morgan fingerprint density at radius 3 is 2.50 bits per heavy atom. The topological polar surface area (TPSA) is 119 Å². The smallest absolute Gasteiger partial charge is 0.251 e. The average Bonchev–Trinajstić information content (AvgIpc) is 3.41. The van der Waals surface area contributed by atoms with Gasteiger partial charge in [-0.1, -0.05) is 13.3 Å². The molecule has 40 heavy (non-hydrogen) atoms. The van der Waals surface area contributed by atoms with Gasteiger partial charge < -0.3 is 25.4 Å². The molecule has 0 radical (unpaired) electrons. The molecule has 0 fully saturated rings. The summed E-state index contributed by atoms with van der Waals surface area (Å²) in [6.45, 7) is 5.57. The highest BCUT2D eigenvalue weighted by Crippen LogP contribution is 2.27. The fourth-order valence-corrected chi connectivity index (χ4v) is 4.24. The van der Waals surface area contributed by atoms with Gasteiger partial charge in [0.2, 0.25) is 5.91 Å². The summed E-state index contributed by atoms with van der Waals surface area (Å²) in [6.07, 6.45) is 7.84. The second-order valence-corrected chi connectivity index (χ2v) is 9.32. The number of benzene rings is 2. The summed E-state index contributed by atoms with van der Waals surface area (Å²) < 4.78 is 12.7. The average molecular weight is 545 g/mol. The van der Waals surface area contributed by atoms with Gasteiger partial charge in [-0.3, -0.25) is 14.0 Å². The Balaban J connectivity index is 1.30. The van der Waals surface area contributed by atoms with Gasteiger partial charge in [0.25, 0.3) is 5.91 Å². The molecular weight excluding hydrogens is 508 g/mol. The van der Waals surface area contributed by atoms with E-state index in [2.05, 4.69) is 32.8 Å². The van der Waals surface area contributed by atoms with Crippen LogP contribution in [0.15, 0.2) is 61.1 Å². The van der Waals surface area contributed by atoms with Crippen LogP contribution in [0.4, 0.5) is 11.5 Å². The summed E-state index contributed by atoms with van der Waals surface area (Å²) in [7, 11) is 1.64. The van der Waals surface area contributed by atoms with Gasteiger partial charge in [0, 0.05) is 48.7 Å². The number of aryl methyl sites for hydroxylation is 1. The molecule has 210 valence electrons. The van der Waals surface area contributed by atoms with Crippen molar-refractivity contribution in [3.63, 3.8) is 0 Å². The SMILES string of the molecule is CCCCC(=O)NCCOCCNC(=O)c1ccc(Nc2nccn3c(-c4ccc(OC)cc4)cnc23)cc1C. The van der Waals surface area contributed by atoms with Gasteiger partial charge in [0.1, 0.15) is 5.75 Å². The van der Waals surface area contributed by atoms with E-state index in [1.807, 2.05) is 60.1 Å². The molecule has 2 aromatic carbocycles. The van der Waals surface area contributed by atoms with E-state index in [4.69, 9.17) is 9.47 Å². The molecule has 0 unspecified atom stereocenters. The first-order valence-corrected chi connectivity index (χ1v) is 13.5. The lowest BCUT2D eigenvalue weighted by molar-refractivity contribution is -0.121. The monoisotopic (exact) mass is 544 g/mol. The number of amides is 2. The Bertz CT molecular complexity index is 1430. The maximum absolute atomic E-state index is 12.7. The number of nitrogens with one attached hydrogen (secondary N) is 3. The first-order chi connectivity index (χ1) is 19.5. The first-order valence-electron chi connectivity index (χ1n) is 13.5. The Labute approximate surface area is 234 Å². The summed E-state index contributed by atoms with van der Waals surface area (Å²) in [5, 5.41) is 9.04. The fourth-order valence-electron chi connectivity index (χ4n) is 4.24. The molecular formula is C30H36N6O4. The summed E-state index contributed by atoms with van der Waals surface area (Å²) in [4.78, 5) is 33.4. The number of rotatable bonds is 14. The van der Waals surface area contributed by atoms with Crippen LogP contribution >= 0.6 is 0 Å². The zero-order valence-electron chi connectivity index (χ0n) is 23.2. The molecule has 0 aliphatic carbocycles. The largest absolute Gasteiger partial charge is 0.497 e. The van der Waals surface area contributed by atoms with Gasteiger partial charge in [-0.2, -0.15) is 0 Å². The third-order valence-corrected chi connectivity index (χ3v) is 6.41. The maximum Gasteiger partial charge on any atom is 0.251 e. The van der Waals surface area contributed by atoms with Gasteiger partial charge in [-0.15, -0.1) is 0 Å². The number of carbonyl (C=O) groups excluding carboxylic acids is 2. The lowest BCUT2D eigenvalue weighted by Gasteiger charge is -2.12. The van der Waals surface area contributed by atoms with Crippen molar-refractivity contribution in [1.29, 1.82) is 0 Å². The summed E-state index contributed by atoms with van der Waals surface area (Å²) >= 11 is 0. The van der Waals surface area contributed by atoms with E-state index in [0.29, 0.717) is 49.8 Å². The van der Waals surface area contributed by atoms with Crippen molar-refractivity contribution < 1.29 is 19.1 Å². The number of ether oxygens (including phenoxy) is 2. The Morgan fingerprint density at radius 2 is 1.77 bits per heavy atom. The van der Waals surface area contributed by atoms with E-state index < -0.39 is 0 Å². The van der Waals surface area contributed by atoms with Crippen molar-refractivity contribution in [1.82, 2.24) is 25.0 Å². The number of hydrogen-bond donors (Lipinski definition) is 3. The maximum atomic E-state index is 12.7. The van der Waals surface area contributed by atoms with Crippen LogP contribution in [0.2, 0.25) is 0 Å². The summed E-state index contributed by atoms with van der Waals surface area (Å²) in [6, 6.07) is 13.4. The molecule has 10 heteroatoms. The molecule has 10 nitrogen and oxygen atoms in total. The van der Waals surface area contributed by atoms with Crippen molar-refractivity contribution in [3.8, 4) is 17.0 Å². The molecule has 0 spiro atoms. The molecule has 3 N–H and O–H groups in total. The standard InChI is InChI=1S/C30H36N6O4/c1-4-5-6-27(37)31-14-17-40-18-15-33-30(38)25-12-9-23(19-21(25)2)35-28-29-34-20-26(36(29)16-13-32-28)22-7-10-24(39-3)11-8-22/h7-13,16,19-20H,4-6,14-15,17-18H2,1-3H3,(H,31,37)(H,32,35)(H,33,38). The van der Waals surface area contributed by atoms with Crippen LogP contribution in [0, 0.1) is 6.92 Å². The van der Waals surface area contributed by atoms with E-state index in [-0.39, 0.29) is 11.8 Å². The van der Waals surface area contributed by atoms with Crippen LogP contribution in [-0.2, 0) is 9.53 Å². The number of anilines is 2. The molecule has 2 heterocycles. The second kappa shape index (κ2) is 14.1. The minimum absolute atomic E-state index is 0.0442. The summed E-state index contributed by atoms with van der Waals surface area (Å²) in [5.74, 6) is 1.28. The van der Waals surface area contributed by atoms with Crippen LogP contribution in [0.1, 0.15) is 42.1 Å². The normalized spacial score (nSPS) is 10.9. The number of carbonyl (C=O) groups is 2. The molecule has 0 aliphatic heterocycles. The molecule has 2 amide bonds. The number of nitrogens with zero attached hydrogens (tertiary/aromatic N) is 3. The minimum atomic E-state index is -0.168. The number of hydrogen-bond acceptors (Lipinski definition) is 7. The van der Waals surface area contributed by atoms with Crippen molar-refractivity contribution >= 4 is 29.0 Å². The van der Waals surface area contributed by atoms with Crippen LogP contribution in [0.3, 0.4) is 0 Å². The minimum Gasteiger partial charge on any atom is -0.497 e. The predicted molar refractivity (Wildman–Crippen MR) is 155 cm³/mol. The Kier molecular flexibility index (Phi) is 10.1. The molecule has 0 bridgehead atoms. The molecule has 0 aliphatic rings. The second-order valence-electron chi connectivity index (χ2n) is 9.32. The highest BCUT2D eigenvalue weighted by atomic mass is 16.5. The zero-order chi connectivity index (χ0) is 28.3. The van der Waals surface area contributed by atoms with Crippen molar-refractivity contribution in [2.75, 3.05) is 38.7 Å². The molecule has 2 aromatic heterocycles. The van der Waals surface area contributed by atoms with E-state index in [9.17, 15) is 9.59 Å². The predicted octanol–water partition coefficient (Wildman–Crippen LogP) is 4.51. The van der Waals surface area contributed by atoms with E-state index in [1.54, 1.807) is 19.4 Å². The van der Waals surface area contributed by atoms with E-state index >= 15 is 0 Å². The van der Waals surface area contributed by atoms with Gasteiger partial charge in [0.15, 0.2) is 11.5 Å². The molecule has 0 atom stereocenters. The van der Waals surface area contributed by atoms with Gasteiger partial charge in [-0.05, 0) is 61.4 Å². The number of fused-ring (bicyclic) bond motifs is 1. The molecule has 4 rings (SSSR count). The number of methoxy groups -OCH3 is 1. The van der Waals surface area contributed by atoms with Crippen molar-refractivity contribution in [3.05, 3.63) is 72.2 Å². The molecule has 0 saturated carbocycles. The highest BCUT2D eigenvalue weighted by molar-refractivity contribution is 5.96. The lowest BCUT2D eigenvalue weighted by atomic mass is 10.1. The summed E-state index contributed by atoms with van der Waals surface area (Å²) in [5.41, 5.74) is 4.85. The highest BCUT2D eigenvalue weighted by Gasteiger charge is 2.13. The number of aromatic nitrogens is 3. The van der Waals surface area contributed by atoms with Crippen molar-refractivity contribution in [2.24, 2.45) is 0 Å². The van der Waals surface area contributed by atoms with Crippen LogP contribution < -0.4 is 20.7 Å².